The zero-order valence-electron chi connectivity index (χ0n) is 12.4. The third kappa shape index (κ3) is 4.09. The summed E-state index contributed by atoms with van der Waals surface area (Å²) in [6, 6.07) is 4.65. The molecule has 6 nitrogen and oxygen atoms in total. The van der Waals surface area contributed by atoms with Gasteiger partial charge < -0.3 is 20.5 Å². The van der Waals surface area contributed by atoms with E-state index in [4.69, 9.17) is 10.5 Å². The molecule has 1 heterocycles. The van der Waals surface area contributed by atoms with Crippen LogP contribution in [0.15, 0.2) is 18.2 Å². The molecule has 0 bridgehead atoms. The summed E-state index contributed by atoms with van der Waals surface area (Å²) in [6.07, 6.45) is 0.941. The van der Waals surface area contributed by atoms with Crippen LogP contribution < -0.4 is 5.73 Å². The van der Waals surface area contributed by atoms with Crippen molar-refractivity contribution >= 4 is 11.6 Å². The Balaban J connectivity index is 1.98. The highest BCUT2D eigenvalue weighted by atomic mass is 16.5. The maximum Gasteiger partial charge on any atom is 0.254 e. The smallest absolute Gasteiger partial charge is 0.254 e. The summed E-state index contributed by atoms with van der Waals surface area (Å²) < 4.78 is 5.09. The molecule has 6 heteroatoms. The molecule has 0 radical (unpaired) electrons. The van der Waals surface area contributed by atoms with Gasteiger partial charge in [-0.3, -0.25) is 9.69 Å². The van der Waals surface area contributed by atoms with Crippen LogP contribution in [-0.2, 0) is 4.74 Å². The molecule has 1 aromatic rings. The number of nitrogens with two attached hydrogens (primary N) is 1. The van der Waals surface area contributed by atoms with Crippen LogP contribution in [0.4, 0.5) is 5.69 Å². The van der Waals surface area contributed by atoms with E-state index in [1.807, 2.05) is 4.90 Å². The van der Waals surface area contributed by atoms with E-state index in [1.54, 1.807) is 19.2 Å². The zero-order chi connectivity index (χ0) is 15.2. The first-order chi connectivity index (χ1) is 10.1. The third-order valence-corrected chi connectivity index (χ3v) is 3.76. The largest absolute Gasteiger partial charge is 0.506 e. The zero-order valence-corrected chi connectivity index (χ0v) is 12.4. The Bertz CT molecular complexity index is 493. The fraction of sp³-hybridized carbons (Fsp3) is 0.533. The summed E-state index contributed by atoms with van der Waals surface area (Å²) >= 11 is 0. The van der Waals surface area contributed by atoms with Gasteiger partial charge >= 0.3 is 0 Å². The number of phenols is 1. The number of hydrogen-bond donors (Lipinski definition) is 2. The van der Waals surface area contributed by atoms with Crippen molar-refractivity contribution in [3.8, 4) is 5.75 Å². The molecule has 0 aromatic heterocycles. The van der Waals surface area contributed by atoms with Gasteiger partial charge in [0.1, 0.15) is 5.75 Å². The Hall–Kier alpha value is -1.79. The third-order valence-electron chi connectivity index (χ3n) is 3.76. The van der Waals surface area contributed by atoms with Crippen molar-refractivity contribution in [3.05, 3.63) is 23.8 Å². The lowest BCUT2D eigenvalue weighted by Crippen LogP contribution is -2.36. The number of carbonyl (C=O) groups excluding carboxylic acids is 1. The number of rotatable bonds is 4. The van der Waals surface area contributed by atoms with Crippen molar-refractivity contribution in [1.82, 2.24) is 9.80 Å². The molecule has 21 heavy (non-hydrogen) atoms. The quantitative estimate of drug-likeness (QED) is 0.633. The van der Waals surface area contributed by atoms with Gasteiger partial charge in [-0.2, -0.15) is 0 Å². The van der Waals surface area contributed by atoms with E-state index < -0.39 is 0 Å². The van der Waals surface area contributed by atoms with Crippen LogP contribution in [-0.4, -0.2) is 67.3 Å². The molecular formula is C15H23N3O3. The molecule has 1 saturated heterocycles. The topological polar surface area (TPSA) is 79.0 Å². The summed E-state index contributed by atoms with van der Waals surface area (Å²) in [7, 11) is 1.70. The monoisotopic (exact) mass is 293 g/mol. The number of anilines is 1. The number of benzene rings is 1. The van der Waals surface area contributed by atoms with Crippen molar-refractivity contribution in [1.29, 1.82) is 0 Å². The van der Waals surface area contributed by atoms with Gasteiger partial charge in [0.25, 0.3) is 5.91 Å². The average Bonchev–Trinajstić information content (AvgIpc) is 2.73. The second kappa shape index (κ2) is 7.28. The highest BCUT2D eigenvalue weighted by molar-refractivity contribution is 5.95. The average molecular weight is 293 g/mol. The first kappa shape index (κ1) is 15.6. The van der Waals surface area contributed by atoms with Gasteiger partial charge in [0.2, 0.25) is 0 Å². The lowest BCUT2D eigenvalue weighted by molar-refractivity contribution is 0.0759. The summed E-state index contributed by atoms with van der Waals surface area (Å²) in [4.78, 5) is 16.6. The first-order valence-electron chi connectivity index (χ1n) is 7.21. The van der Waals surface area contributed by atoms with E-state index >= 15 is 0 Å². The molecule has 0 atom stereocenters. The molecule has 3 N–H and O–H groups in total. The number of hydrogen-bond acceptors (Lipinski definition) is 5. The highest BCUT2D eigenvalue weighted by Gasteiger charge is 2.20. The van der Waals surface area contributed by atoms with E-state index in [9.17, 15) is 9.90 Å². The van der Waals surface area contributed by atoms with Crippen molar-refractivity contribution in [2.24, 2.45) is 0 Å². The van der Waals surface area contributed by atoms with Gasteiger partial charge in [-0.15, -0.1) is 0 Å². The number of phenolic OH excluding ortho intramolecular Hbond substituents is 1. The van der Waals surface area contributed by atoms with Crippen molar-refractivity contribution < 1.29 is 14.6 Å². The number of ether oxygens (including phenoxy) is 1. The van der Waals surface area contributed by atoms with E-state index in [-0.39, 0.29) is 17.3 Å². The first-order valence-corrected chi connectivity index (χ1v) is 7.21. The van der Waals surface area contributed by atoms with Gasteiger partial charge in [0, 0.05) is 38.9 Å². The molecule has 0 spiro atoms. The van der Waals surface area contributed by atoms with Crippen molar-refractivity contribution in [2.45, 2.75) is 6.42 Å². The van der Waals surface area contributed by atoms with Gasteiger partial charge in [0.15, 0.2) is 0 Å². The Labute approximate surface area is 125 Å². The van der Waals surface area contributed by atoms with E-state index in [2.05, 4.69) is 4.90 Å². The number of nitrogen functional groups attached to an aromatic ring is 1. The van der Waals surface area contributed by atoms with Crippen molar-refractivity contribution in [2.75, 3.05) is 52.2 Å². The molecule has 1 aliphatic rings. The predicted molar refractivity (Wildman–Crippen MR) is 81.4 cm³/mol. The molecular weight excluding hydrogens is 270 g/mol. The minimum absolute atomic E-state index is 0.0441. The van der Waals surface area contributed by atoms with Gasteiger partial charge in [0.05, 0.1) is 12.3 Å². The standard InChI is InChI=1S/C15H23N3O3/c1-21-10-9-17-5-2-6-18(8-7-17)15(20)12-3-4-13(16)14(19)11-12/h3-4,11,19H,2,5-10,16H2,1H3. The molecule has 0 unspecified atom stereocenters. The van der Waals surface area contributed by atoms with Crippen LogP contribution >= 0.6 is 0 Å². The predicted octanol–water partition coefficient (Wildman–Crippen LogP) is 0.769. The van der Waals surface area contributed by atoms with E-state index in [1.165, 1.54) is 6.07 Å². The molecule has 0 aliphatic carbocycles. The van der Waals surface area contributed by atoms with Crippen LogP contribution in [0.1, 0.15) is 16.8 Å². The van der Waals surface area contributed by atoms with Crippen LogP contribution in [0, 0.1) is 0 Å². The highest BCUT2D eigenvalue weighted by Crippen LogP contribution is 2.21. The second-order valence-electron chi connectivity index (χ2n) is 5.25. The maximum absolute atomic E-state index is 12.5. The SMILES string of the molecule is COCCN1CCCN(C(=O)c2ccc(N)c(O)c2)CC1. The summed E-state index contributed by atoms with van der Waals surface area (Å²) in [6.45, 7) is 4.83. The lowest BCUT2D eigenvalue weighted by atomic mass is 10.1. The molecule has 1 aromatic carbocycles. The maximum atomic E-state index is 12.5. The van der Waals surface area contributed by atoms with Gasteiger partial charge in [-0.05, 0) is 31.2 Å². The number of nitrogens with zero attached hydrogens (tertiary/aromatic N) is 2. The van der Waals surface area contributed by atoms with Crippen LogP contribution in [0.3, 0.4) is 0 Å². The Kier molecular flexibility index (Phi) is 5.41. The fourth-order valence-corrected chi connectivity index (χ4v) is 2.48. The Morgan fingerprint density at radius 2 is 2.14 bits per heavy atom. The fourth-order valence-electron chi connectivity index (χ4n) is 2.48. The van der Waals surface area contributed by atoms with Crippen LogP contribution in [0.2, 0.25) is 0 Å². The Morgan fingerprint density at radius 3 is 2.86 bits per heavy atom. The minimum atomic E-state index is -0.0566. The van der Waals surface area contributed by atoms with E-state index in [0.717, 1.165) is 32.6 Å². The molecule has 116 valence electrons. The molecule has 1 fully saturated rings. The lowest BCUT2D eigenvalue weighted by Gasteiger charge is -2.22. The number of carbonyl (C=O) groups is 1. The molecule has 1 aliphatic heterocycles. The van der Waals surface area contributed by atoms with Gasteiger partial charge in [-0.1, -0.05) is 0 Å². The summed E-state index contributed by atoms with van der Waals surface area (Å²) in [5, 5.41) is 9.62. The van der Waals surface area contributed by atoms with Crippen LogP contribution in [0.25, 0.3) is 0 Å². The molecule has 1 amide bonds. The number of methoxy groups -OCH3 is 1. The second-order valence-corrected chi connectivity index (χ2v) is 5.25. The summed E-state index contributed by atoms with van der Waals surface area (Å²) in [5.41, 5.74) is 6.33. The minimum Gasteiger partial charge on any atom is -0.506 e. The summed E-state index contributed by atoms with van der Waals surface area (Å²) in [5.74, 6) is -0.101. The van der Waals surface area contributed by atoms with Crippen LogP contribution in [0.5, 0.6) is 5.75 Å². The Morgan fingerprint density at radius 1 is 1.33 bits per heavy atom. The molecule has 2 rings (SSSR count). The normalized spacial score (nSPS) is 16.7. The number of amides is 1. The molecule has 0 saturated carbocycles. The van der Waals surface area contributed by atoms with Gasteiger partial charge in [-0.25, -0.2) is 0 Å². The van der Waals surface area contributed by atoms with Crippen molar-refractivity contribution in [3.63, 3.8) is 0 Å². The number of aromatic hydroxyl groups is 1. The van der Waals surface area contributed by atoms with E-state index in [0.29, 0.717) is 18.7 Å².